The van der Waals surface area contributed by atoms with Gasteiger partial charge in [-0.2, -0.15) is 0 Å². The van der Waals surface area contributed by atoms with Gasteiger partial charge in [-0.25, -0.2) is 14.5 Å². The van der Waals surface area contributed by atoms with Crippen LogP contribution in [0.15, 0.2) is 53.1 Å². The van der Waals surface area contributed by atoms with Crippen LogP contribution >= 0.6 is 15.9 Å². The van der Waals surface area contributed by atoms with Crippen LogP contribution in [0, 0.1) is 13.8 Å². The van der Waals surface area contributed by atoms with E-state index in [1.165, 1.54) is 0 Å². The minimum Gasteiger partial charge on any atom is -0.362 e. The van der Waals surface area contributed by atoms with Gasteiger partial charge >= 0.3 is 0 Å². The van der Waals surface area contributed by atoms with Gasteiger partial charge in [-0.05, 0) is 38.1 Å². The fourth-order valence-corrected chi connectivity index (χ4v) is 3.11. The Morgan fingerprint density at radius 3 is 2.58 bits per heavy atom. The van der Waals surface area contributed by atoms with Gasteiger partial charge in [-0.1, -0.05) is 34.1 Å². The number of nitrogens with one attached hydrogen (secondary N) is 1. The third kappa shape index (κ3) is 3.17. The molecule has 4 aromatic rings. The first kappa shape index (κ1) is 16.7. The maximum Gasteiger partial charge on any atom is 0.182 e. The van der Waals surface area contributed by atoms with Crippen LogP contribution in [-0.4, -0.2) is 24.6 Å². The molecule has 0 fully saturated rings. The summed E-state index contributed by atoms with van der Waals surface area (Å²) < 4.78 is 2.87. The third-order valence-electron chi connectivity index (χ3n) is 4.09. The summed E-state index contributed by atoms with van der Waals surface area (Å²) in [4.78, 5) is 13.7. The molecule has 0 aliphatic carbocycles. The lowest BCUT2D eigenvalue weighted by Crippen LogP contribution is -2.08. The molecule has 26 heavy (non-hydrogen) atoms. The van der Waals surface area contributed by atoms with Crippen LogP contribution in [0.4, 0.5) is 5.82 Å². The minimum absolute atomic E-state index is 0.580. The Morgan fingerprint density at radius 2 is 1.85 bits per heavy atom. The zero-order valence-corrected chi connectivity index (χ0v) is 16.0. The summed E-state index contributed by atoms with van der Waals surface area (Å²) in [7, 11) is 0. The average Bonchev–Trinajstić information content (AvgIpc) is 2.95. The molecule has 7 heteroatoms. The van der Waals surface area contributed by atoms with Gasteiger partial charge in [0.15, 0.2) is 11.6 Å². The van der Waals surface area contributed by atoms with Crippen molar-refractivity contribution >= 4 is 27.3 Å². The van der Waals surface area contributed by atoms with E-state index in [1.54, 1.807) is 6.20 Å². The molecule has 6 nitrogen and oxygen atoms in total. The molecule has 0 atom stereocenters. The summed E-state index contributed by atoms with van der Waals surface area (Å²) >= 11 is 3.46. The molecule has 0 saturated heterocycles. The van der Waals surface area contributed by atoms with Gasteiger partial charge in [-0.3, -0.25) is 4.98 Å². The van der Waals surface area contributed by atoms with Crippen molar-refractivity contribution in [2.45, 2.75) is 20.4 Å². The molecule has 0 aliphatic rings. The molecule has 0 amide bonds. The second kappa shape index (κ2) is 6.84. The van der Waals surface area contributed by atoms with Crippen LogP contribution in [-0.2, 0) is 6.54 Å². The zero-order chi connectivity index (χ0) is 18.1. The summed E-state index contributed by atoms with van der Waals surface area (Å²) in [5.41, 5.74) is 3.68. The summed E-state index contributed by atoms with van der Waals surface area (Å²) in [5.74, 6) is 2.23. The first-order valence-electron chi connectivity index (χ1n) is 8.25. The second-order valence-electron chi connectivity index (χ2n) is 5.97. The highest BCUT2D eigenvalue weighted by molar-refractivity contribution is 9.10. The maximum atomic E-state index is 4.76. The molecule has 1 N–H and O–H groups in total. The van der Waals surface area contributed by atoms with Gasteiger partial charge in [0, 0.05) is 16.2 Å². The van der Waals surface area contributed by atoms with E-state index in [-0.39, 0.29) is 0 Å². The normalized spacial score (nSPS) is 11.0. The highest BCUT2D eigenvalue weighted by Gasteiger charge is 2.15. The maximum absolute atomic E-state index is 4.76. The van der Waals surface area contributed by atoms with Crippen LogP contribution in [0.1, 0.15) is 17.2 Å². The predicted octanol–water partition coefficient (Wildman–Crippen LogP) is 4.18. The number of halogens is 1. The third-order valence-corrected chi connectivity index (χ3v) is 4.62. The Labute approximate surface area is 159 Å². The molecule has 0 unspecified atom stereocenters. The number of hydrogen-bond donors (Lipinski definition) is 1. The first-order chi connectivity index (χ1) is 12.6. The van der Waals surface area contributed by atoms with Crippen molar-refractivity contribution in [2.24, 2.45) is 0 Å². The number of hydrogen-bond acceptors (Lipinski definition) is 5. The molecule has 0 radical (unpaired) electrons. The largest absolute Gasteiger partial charge is 0.362 e. The summed E-state index contributed by atoms with van der Waals surface area (Å²) in [6, 6.07) is 13.8. The van der Waals surface area contributed by atoms with Crippen molar-refractivity contribution in [1.82, 2.24) is 24.6 Å². The lowest BCUT2D eigenvalue weighted by molar-refractivity contribution is 0.857. The number of pyridine rings is 1. The number of fused-ring (bicyclic) bond motifs is 1. The van der Waals surface area contributed by atoms with Gasteiger partial charge in [0.25, 0.3) is 0 Å². The fourth-order valence-electron chi connectivity index (χ4n) is 2.85. The molecule has 0 spiro atoms. The molecule has 1 aromatic carbocycles. The van der Waals surface area contributed by atoms with E-state index < -0.39 is 0 Å². The number of anilines is 1. The monoisotopic (exact) mass is 408 g/mol. The zero-order valence-electron chi connectivity index (χ0n) is 14.4. The number of nitrogens with zero attached hydrogens (tertiary/aromatic N) is 5. The van der Waals surface area contributed by atoms with Crippen LogP contribution in [0.3, 0.4) is 0 Å². The van der Waals surface area contributed by atoms with Gasteiger partial charge in [0.1, 0.15) is 11.3 Å². The van der Waals surface area contributed by atoms with Crippen molar-refractivity contribution in [3.63, 3.8) is 0 Å². The van der Waals surface area contributed by atoms with Crippen molar-refractivity contribution in [3.8, 4) is 11.4 Å². The van der Waals surface area contributed by atoms with Crippen molar-refractivity contribution in [3.05, 3.63) is 70.3 Å². The van der Waals surface area contributed by atoms with E-state index in [1.807, 2.05) is 60.8 Å². The highest BCUT2D eigenvalue weighted by atomic mass is 79.9. The Morgan fingerprint density at radius 1 is 1.04 bits per heavy atom. The van der Waals surface area contributed by atoms with E-state index in [4.69, 9.17) is 4.98 Å². The Balaban J connectivity index is 1.80. The number of aromatic nitrogens is 5. The van der Waals surface area contributed by atoms with Crippen LogP contribution in [0.2, 0.25) is 0 Å². The van der Waals surface area contributed by atoms with E-state index in [9.17, 15) is 0 Å². The van der Waals surface area contributed by atoms with E-state index in [0.29, 0.717) is 12.4 Å². The number of aryl methyl sites for hydroxylation is 2. The Kier molecular flexibility index (Phi) is 4.38. The summed E-state index contributed by atoms with van der Waals surface area (Å²) in [6.45, 7) is 4.49. The molecule has 3 heterocycles. The van der Waals surface area contributed by atoms with Crippen LogP contribution in [0.5, 0.6) is 0 Å². The summed E-state index contributed by atoms with van der Waals surface area (Å²) in [6.07, 6.45) is 1.79. The quantitative estimate of drug-likeness (QED) is 0.548. The Hall–Kier alpha value is -2.80. The van der Waals surface area contributed by atoms with Crippen molar-refractivity contribution in [2.75, 3.05) is 5.32 Å². The molecular weight excluding hydrogens is 392 g/mol. The predicted molar refractivity (Wildman–Crippen MR) is 105 cm³/mol. The second-order valence-corrected chi connectivity index (χ2v) is 6.89. The van der Waals surface area contributed by atoms with Crippen LogP contribution < -0.4 is 5.32 Å². The van der Waals surface area contributed by atoms with Gasteiger partial charge in [0.05, 0.1) is 17.9 Å². The van der Waals surface area contributed by atoms with E-state index >= 15 is 0 Å². The molecule has 0 aliphatic heterocycles. The molecule has 0 bridgehead atoms. The van der Waals surface area contributed by atoms with Gasteiger partial charge in [-0.15, -0.1) is 5.10 Å². The fraction of sp³-hybridized carbons (Fsp3) is 0.158. The summed E-state index contributed by atoms with van der Waals surface area (Å²) in [5, 5.41) is 8.08. The molecular formula is C19H17BrN6. The number of benzene rings is 1. The number of imidazole rings is 1. The topological polar surface area (TPSA) is 68.0 Å². The SMILES string of the molecule is Cc1nc(C)n2nc(-c3ccc(Br)cc3)nc(NCc3ccccn3)c12. The highest BCUT2D eigenvalue weighted by Crippen LogP contribution is 2.25. The van der Waals surface area contributed by atoms with Crippen molar-refractivity contribution < 1.29 is 0 Å². The smallest absolute Gasteiger partial charge is 0.182 e. The lowest BCUT2D eigenvalue weighted by atomic mass is 10.2. The first-order valence-corrected chi connectivity index (χ1v) is 9.05. The van der Waals surface area contributed by atoms with Gasteiger partial charge < -0.3 is 5.32 Å². The Bertz CT molecular complexity index is 1060. The minimum atomic E-state index is 0.580. The van der Waals surface area contributed by atoms with E-state index in [0.717, 1.165) is 38.6 Å². The molecule has 4 rings (SSSR count). The molecule has 130 valence electrons. The standard InChI is InChI=1S/C19H17BrN6/c1-12-17-19(22-11-16-5-3-4-10-21-16)24-18(25-26(17)13(2)23-12)14-6-8-15(20)9-7-14/h3-10H,11H2,1-2H3,(H,22,24,25). The average molecular weight is 409 g/mol. The molecule has 0 saturated carbocycles. The molecule has 3 aromatic heterocycles. The van der Waals surface area contributed by atoms with Crippen LogP contribution in [0.25, 0.3) is 16.9 Å². The van der Waals surface area contributed by atoms with Crippen molar-refractivity contribution in [1.29, 1.82) is 0 Å². The number of rotatable bonds is 4. The van der Waals surface area contributed by atoms with E-state index in [2.05, 4.69) is 36.3 Å². The lowest BCUT2D eigenvalue weighted by Gasteiger charge is -2.10. The van der Waals surface area contributed by atoms with Gasteiger partial charge in [0.2, 0.25) is 0 Å².